The van der Waals surface area contributed by atoms with E-state index >= 15 is 0 Å². The summed E-state index contributed by atoms with van der Waals surface area (Å²) in [5, 5.41) is 14.0. The second-order valence-electron chi connectivity index (χ2n) is 6.61. The summed E-state index contributed by atoms with van der Waals surface area (Å²) in [4.78, 5) is 10.7. The lowest BCUT2D eigenvalue weighted by atomic mass is 9.97. The third-order valence-corrected chi connectivity index (χ3v) is 4.96. The maximum atomic E-state index is 9.19. The molecule has 3 aromatic rings. The molecule has 1 saturated heterocycles. The number of hydrogen-bond donors (Lipinski definition) is 0. The Kier molecular flexibility index (Phi) is 4.82. The van der Waals surface area contributed by atoms with Crippen LogP contribution in [0.2, 0.25) is 5.02 Å². The SMILES string of the molecule is Cc1nc(C#N)c(N2CCC(c3nc(Cc4ccc(Cl)cc4)no3)CC2)o1. The normalized spacial score (nSPS) is 15.1. The van der Waals surface area contributed by atoms with E-state index in [1.807, 2.05) is 24.3 Å². The lowest BCUT2D eigenvalue weighted by Crippen LogP contribution is -2.33. The van der Waals surface area contributed by atoms with E-state index in [0.29, 0.717) is 40.6 Å². The predicted molar refractivity (Wildman–Crippen MR) is 98.7 cm³/mol. The molecule has 27 heavy (non-hydrogen) atoms. The molecule has 1 fully saturated rings. The van der Waals surface area contributed by atoms with E-state index in [9.17, 15) is 5.26 Å². The second kappa shape index (κ2) is 7.41. The summed E-state index contributed by atoms with van der Waals surface area (Å²) in [6.07, 6.45) is 2.32. The minimum Gasteiger partial charge on any atom is -0.424 e. The number of aromatic nitrogens is 3. The average molecular weight is 384 g/mol. The molecule has 2 aromatic heterocycles. The highest BCUT2D eigenvalue weighted by atomic mass is 35.5. The van der Waals surface area contributed by atoms with Crippen molar-refractivity contribution in [3.63, 3.8) is 0 Å². The van der Waals surface area contributed by atoms with Gasteiger partial charge in [0.05, 0.1) is 0 Å². The molecule has 1 aliphatic rings. The minimum atomic E-state index is 0.210. The molecule has 0 saturated carbocycles. The fraction of sp³-hybridized carbons (Fsp3) is 0.368. The molecule has 0 spiro atoms. The standard InChI is InChI=1S/C19H18ClN5O2/c1-12-22-16(11-21)19(26-12)25-8-6-14(7-9-25)18-23-17(24-27-18)10-13-2-4-15(20)5-3-13/h2-5,14H,6-10H2,1H3. The van der Waals surface area contributed by atoms with Crippen LogP contribution >= 0.6 is 11.6 Å². The van der Waals surface area contributed by atoms with Crippen molar-refractivity contribution in [3.05, 3.63) is 58.2 Å². The topological polar surface area (TPSA) is 92.0 Å². The van der Waals surface area contributed by atoms with Crippen molar-refractivity contribution >= 4 is 17.5 Å². The van der Waals surface area contributed by atoms with Crippen molar-refractivity contribution in [1.29, 1.82) is 5.26 Å². The molecule has 0 unspecified atom stereocenters. The Balaban J connectivity index is 1.39. The molecule has 7 nitrogen and oxygen atoms in total. The number of halogens is 1. The molecule has 0 radical (unpaired) electrons. The highest BCUT2D eigenvalue weighted by molar-refractivity contribution is 6.30. The number of nitrogens with zero attached hydrogens (tertiary/aromatic N) is 5. The number of oxazole rings is 1. The summed E-state index contributed by atoms with van der Waals surface area (Å²) in [6, 6.07) is 9.72. The summed E-state index contributed by atoms with van der Waals surface area (Å²) < 4.78 is 11.1. The van der Waals surface area contributed by atoms with Gasteiger partial charge in [-0.15, -0.1) is 0 Å². The smallest absolute Gasteiger partial charge is 0.234 e. The zero-order valence-corrected chi connectivity index (χ0v) is 15.6. The molecular weight excluding hydrogens is 366 g/mol. The van der Waals surface area contributed by atoms with Gasteiger partial charge in [0.1, 0.15) is 6.07 Å². The summed E-state index contributed by atoms with van der Waals surface area (Å²) in [5.74, 6) is 2.62. The molecule has 8 heteroatoms. The van der Waals surface area contributed by atoms with Gasteiger partial charge in [-0.05, 0) is 30.5 Å². The number of anilines is 1. The van der Waals surface area contributed by atoms with Gasteiger partial charge in [0.2, 0.25) is 17.5 Å². The quantitative estimate of drug-likeness (QED) is 0.675. The monoisotopic (exact) mass is 383 g/mol. The van der Waals surface area contributed by atoms with Gasteiger partial charge in [-0.25, -0.2) is 4.98 Å². The lowest BCUT2D eigenvalue weighted by molar-refractivity contribution is 0.324. The van der Waals surface area contributed by atoms with E-state index < -0.39 is 0 Å². The Hall–Kier alpha value is -2.85. The Morgan fingerprint density at radius 3 is 2.67 bits per heavy atom. The Bertz CT molecular complexity index is 965. The van der Waals surface area contributed by atoms with E-state index in [-0.39, 0.29) is 5.92 Å². The van der Waals surface area contributed by atoms with E-state index in [4.69, 9.17) is 20.5 Å². The third kappa shape index (κ3) is 3.81. The summed E-state index contributed by atoms with van der Waals surface area (Å²) in [7, 11) is 0. The Labute approximate surface area is 161 Å². The van der Waals surface area contributed by atoms with Gasteiger partial charge in [-0.1, -0.05) is 28.9 Å². The lowest BCUT2D eigenvalue weighted by Gasteiger charge is -2.29. The fourth-order valence-corrected chi connectivity index (χ4v) is 3.45. The van der Waals surface area contributed by atoms with E-state index in [0.717, 1.165) is 31.5 Å². The van der Waals surface area contributed by atoms with Crippen molar-refractivity contribution in [2.75, 3.05) is 18.0 Å². The van der Waals surface area contributed by atoms with Crippen molar-refractivity contribution in [2.24, 2.45) is 0 Å². The van der Waals surface area contributed by atoms with Crippen LogP contribution in [-0.2, 0) is 6.42 Å². The van der Waals surface area contributed by atoms with Gasteiger partial charge >= 0.3 is 0 Å². The number of nitriles is 1. The summed E-state index contributed by atoms with van der Waals surface area (Å²) >= 11 is 5.91. The maximum absolute atomic E-state index is 9.19. The molecule has 0 aliphatic carbocycles. The number of benzene rings is 1. The van der Waals surface area contributed by atoms with E-state index in [1.54, 1.807) is 6.92 Å². The van der Waals surface area contributed by atoms with Crippen LogP contribution in [0.1, 0.15) is 47.6 Å². The van der Waals surface area contributed by atoms with Gasteiger partial charge < -0.3 is 13.8 Å². The zero-order valence-electron chi connectivity index (χ0n) is 14.9. The molecular formula is C19H18ClN5O2. The first-order valence-electron chi connectivity index (χ1n) is 8.82. The molecule has 0 bridgehead atoms. The molecule has 138 valence electrons. The second-order valence-corrected chi connectivity index (χ2v) is 7.05. The van der Waals surface area contributed by atoms with Gasteiger partial charge in [-0.2, -0.15) is 10.2 Å². The van der Waals surface area contributed by atoms with Gasteiger partial charge in [0.15, 0.2) is 11.7 Å². The average Bonchev–Trinajstić information content (AvgIpc) is 3.30. The maximum Gasteiger partial charge on any atom is 0.234 e. The van der Waals surface area contributed by atoms with Crippen molar-refractivity contribution in [1.82, 2.24) is 15.1 Å². The molecule has 3 heterocycles. The minimum absolute atomic E-state index is 0.210. The number of rotatable bonds is 4. The largest absolute Gasteiger partial charge is 0.424 e. The predicted octanol–water partition coefficient (Wildman–Crippen LogP) is 3.87. The first-order valence-corrected chi connectivity index (χ1v) is 9.19. The summed E-state index contributed by atoms with van der Waals surface area (Å²) in [5.41, 5.74) is 1.43. The van der Waals surface area contributed by atoms with Crippen LogP contribution in [0.5, 0.6) is 0 Å². The Morgan fingerprint density at radius 2 is 1.96 bits per heavy atom. The van der Waals surface area contributed by atoms with Crippen molar-refractivity contribution in [3.8, 4) is 6.07 Å². The third-order valence-electron chi connectivity index (χ3n) is 4.71. The van der Waals surface area contributed by atoms with Crippen molar-refractivity contribution < 1.29 is 8.94 Å². The molecule has 0 N–H and O–H groups in total. The zero-order chi connectivity index (χ0) is 18.8. The highest BCUT2D eigenvalue weighted by Crippen LogP contribution is 2.31. The van der Waals surface area contributed by atoms with Crippen molar-refractivity contribution in [2.45, 2.75) is 32.1 Å². The summed E-state index contributed by atoms with van der Waals surface area (Å²) in [6.45, 7) is 3.25. The number of aryl methyl sites for hydroxylation is 1. The fourth-order valence-electron chi connectivity index (χ4n) is 3.32. The Morgan fingerprint density at radius 1 is 1.22 bits per heavy atom. The van der Waals surface area contributed by atoms with Crippen LogP contribution in [0.3, 0.4) is 0 Å². The first-order chi connectivity index (χ1) is 13.1. The van der Waals surface area contributed by atoms with Gasteiger partial charge in [-0.3, -0.25) is 0 Å². The molecule has 4 rings (SSSR count). The van der Waals surface area contributed by atoms with Crippen LogP contribution in [0, 0.1) is 18.3 Å². The van der Waals surface area contributed by atoms with Crippen LogP contribution in [-0.4, -0.2) is 28.2 Å². The van der Waals surface area contributed by atoms with Gasteiger partial charge in [0, 0.05) is 37.4 Å². The molecule has 0 amide bonds. The first kappa shape index (κ1) is 17.6. The van der Waals surface area contributed by atoms with E-state index in [1.165, 1.54) is 0 Å². The van der Waals surface area contributed by atoms with Crippen LogP contribution in [0.25, 0.3) is 0 Å². The number of hydrogen-bond acceptors (Lipinski definition) is 7. The van der Waals surface area contributed by atoms with Crippen LogP contribution < -0.4 is 4.90 Å². The molecule has 1 aromatic carbocycles. The molecule has 0 atom stereocenters. The highest BCUT2D eigenvalue weighted by Gasteiger charge is 2.28. The molecule has 1 aliphatic heterocycles. The van der Waals surface area contributed by atoms with Crippen LogP contribution in [0.15, 0.2) is 33.2 Å². The van der Waals surface area contributed by atoms with Crippen LogP contribution in [0.4, 0.5) is 5.88 Å². The van der Waals surface area contributed by atoms with E-state index in [2.05, 4.69) is 26.1 Å². The number of piperidine rings is 1. The van der Waals surface area contributed by atoms with Gasteiger partial charge in [0.25, 0.3) is 0 Å².